The van der Waals surface area contributed by atoms with Gasteiger partial charge in [0, 0.05) is 35.3 Å². The number of carbonyl (C=O) groups excluding carboxylic acids is 1. The molecule has 3 atom stereocenters. The van der Waals surface area contributed by atoms with Gasteiger partial charge in [-0.2, -0.15) is 12.6 Å². The number of carboxylic acids is 1. The number of hydrogen-bond acceptors (Lipinski definition) is 4. The van der Waals surface area contributed by atoms with Gasteiger partial charge in [-0.05, 0) is 29.7 Å². The zero-order valence-electron chi connectivity index (χ0n) is 19.4. The molecule has 0 aliphatic heterocycles. The highest BCUT2D eigenvalue weighted by Crippen LogP contribution is 2.33. The van der Waals surface area contributed by atoms with Crippen LogP contribution in [-0.4, -0.2) is 39.8 Å². The molecule has 35 heavy (non-hydrogen) atoms. The summed E-state index contributed by atoms with van der Waals surface area (Å²) < 4.78 is 0. The third-order valence-corrected chi connectivity index (χ3v) is 6.55. The first-order chi connectivity index (χ1) is 17.0. The number of carboxylic acid groups (broad SMARTS) is 1. The molecule has 4 rings (SSSR count). The van der Waals surface area contributed by atoms with Crippen LogP contribution in [0.3, 0.4) is 0 Å². The number of hydrogen-bond donors (Lipinski definition) is 5. The van der Waals surface area contributed by atoms with Gasteiger partial charge in [0.25, 0.3) is 0 Å². The third kappa shape index (κ3) is 5.75. The van der Waals surface area contributed by atoms with Crippen LogP contribution in [0.15, 0.2) is 85.1 Å². The predicted octanol–water partition coefficient (Wildman–Crippen LogP) is 4.27. The summed E-state index contributed by atoms with van der Waals surface area (Å²) in [6.45, 7) is 2.49. The molecule has 0 saturated carbocycles. The quantitative estimate of drug-likeness (QED) is 0.216. The van der Waals surface area contributed by atoms with E-state index in [-0.39, 0.29) is 5.75 Å². The van der Waals surface area contributed by atoms with E-state index in [0.717, 1.165) is 33.2 Å². The van der Waals surface area contributed by atoms with Gasteiger partial charge in [0.1, 0.15) is 6.04 Å². The number of aromatic amines is 1. The number of H-pyrrole nitrogens is 1. The Hall–Kier alpha value is -3.55. The lowest BCUT2D eigenvalue weighted by atomic mass is 9.84. The van der Waals surface area contributed by atoms with Crippen molar-refractivity contribution in [2.75, 3.05) is 5.75 Å². The molecule has 1 unspecified atom stereocenters. The maximum absolute atomic E-state index is 13.2. The van der Waals surface area contributed by atoms with Crippen molar-refractivity contribution in [3.8, 4) is 0 Å². The van der Waals surface area contributed by atoms with Crippen molar-refractivity contribution in [2.45, 2.75) is 31.5 Å². The fourth-order valence-corrected chi connectivity index (χ4v) is 4.59. The van der Waals surface area contributed by atoms with Gasteiger partial charge in [-0.1, -0.05) is 78.4 Å². The predicted molar refractivity (Wildman–Crippen MR) is 142 cm³/mol. The number of carbonyl (C=O) groups is 2. The highest BCUT2D eigenvalue weighted by Gasteiger charge is 2.35. The number of thiol groups is 1. The molecule has 180 valence electrons. The van der Waals surface area contributed by atoms with Gasteiger partial charge in [-0.25, -0.2) is 4.79 Å². The topological polar surface area (TPSA) is 94.2 Å². The van der Waals surface area contributed by atoms with Gasteiger partial charge < -0.3 is 20.7 Å². The average Bonchev–Trinajstić information content (AvgIpc) is 3.29. The molecule has 1 amide bonds. The Labute approximate surface area is 210 Å². The summed E-state index contributed by atoms with van der Waals surface area (Å²) in [5.74, 6) is -1.87. The summed E-state index contributed by atoms with van der Waals surface area (Å²) in [5.41, 5.74) is 4.72. The van der Waals surface area contributed by atoms with Crippen molar-refractivity contribution in [3.05, 3.63) is 107 Å². The Kier molecular flexibility index (Phi) is 7.90. The largest absolute Gasteiger partial charge is 0.480 e. The second kappa shape index (κ2) is 11.3. The third-order valence-electron chi connectivity index (χ3n) is 6.18. The van der Waals surface area contributed by atoms with Crippen LogP contribution >= 0.6 is 12.6 Å². The van der Waals surface area contributed by atoms with Crippen molar-refractivity contribution in [1.29, 1.82) is 0 Å². The fourth-order valence-electron chi connectivity index (χ4n) is 4.29. The van der Waals surface area contributed by atoms with Gasteiger partial charge in [0.15, 0.2) is 0 Å². The molecule has 4 N–H and O–H groups in total. The molecule has 3 aromatic carbocycles. The molecular weight excluding hydrogens is 458 g/mol. The normalized spacial score (nSPS) is 13.8. The highest BCUT2D eigenvalue weighted by molar-refractivity contribution is 7.80. The molecule has 1 aromatic heterocycles. The number of aromatic nitrogens is 1. The van der Waals surface area contributed by atoms with Crippen LogP contribution in [0, 0.1) is 6.92 Å². The number of amides is 1. The van der Waals surface area contributed by atoms with Crippen LogP contribution in [-0.2, 0) is 16.1 Å². The van der Waals surface area contributed by atoms with Crippen molar-refractivity contribution in [2.24, 2.45) is 0 Å². The summed E-state index contributed by atoms with van der Waals surface area (Å²) in [5, 5.41) is 17.2. The zero-order chi connectivity index (χ0) is 24.8. The Bertz CT molecular complexity index is 1290. The lowest BCUT2D eigenvalue weighted by Crippen LogP contribution is -2.53. The van der Waals surface area contributed by atoms with Crippen LogP contribution in [0.1, 0.15) is 28.2 Å². The molecule has 1 heterocycles. The Morgan fingerprint density at radius 2 is 1.66 bits per heavy atom. The van der Waals surface area contributed by atoms with E-state index in [1.165, 1.54) is 0 Å². The van der Waals surface area contributed by atoms with E-state index in [0.29, 0.717) is 6.54 Å². The molecule has 0 aliphatic rings. The molecule has 0 bridgehead atoms. The lowest BCUT2D eigenvalue weighted by molar-refractivity contribution is -0.142. The molecule has 0 fully saturated rings. The number of aliphatic carboxylic acids is 1. The van der Waals surface area contributed by atoms with Crippen LogP contribution in [0.4, 0.5) is 0 Å². The minimum absolute atomic E-state index is 0.229. The van der Waals surface area contributed by atoms with Crippen molar-refractivity contribution in [1.82, 2.24) is 15.6 Å². The number of benzene rings is 3. The van der Waals surface area contributed by atoms with Crippen LogP contribution in [0.2, 0.25) is 0 Å². The van der Waals surface area contributed by atoms with E-state index < -0.39 is 29.9 Å². The van der Waals surface area contributed by atoms with Crippen molar-refractivity contribution < 1.29 is 14.7 Å². The summed E-state index contributed by atoms with van der Waals surface area (Å²) in [6.07, 6.45) is 1.83. The maximum atomic E-state index is 13.2. The van der Waals surface area contributed by atoms with Crippen LogP contribution in [0.5, 0.6) is 0 Å². The molecule has 0 saturated heterocycles. The molecular formula is C28H29N3O3S. The van der Waals surface area contributed by atoms with Crippen molar-refractivity contribution >= 4 is 35.4 Å². The van der Waals surface area contributed by atoms with Crippen molar-refractivity contribution in [3.63, 3.8) is 0 Å². The minimum atomic E-state index is -1.17. The summed E-state index contributed by atoms with van der Waals surface area (Å²) in [6, 6.07) is 23.3. The first-order valence-electron chi connectivity index (χ1n) is 11.5. The first-order valence-corrected chi connectivity index (χ1v) is 12.1. The monoisotopic (exact) mass is 487 g/mol. The van der Waals surface area contributed by atoms with E-state index in [1.807, 2.05) is 92.0 Å². The van der Waals surface area contributed by atoms with E-state index in [9.17, 15) is 14.7 Å². The van der Waals surface area contributed by atoms with E-state index in [4.69, 9.17) is 0 Å². The standard InChI is InChI=1S/C28H29N3O3S/c1-18-11-13-19(14-12-18)15-29-24(17-35)27(32)31-26(28(33)34)25(20-7-3-2-4-8-20)22-16-30-23-10-6-5-9-21(22)23/h2-14,16,24-26,29-30,35H,15,17H2,1H3,(H,31,32)(H,33,34)/t24-,25?,26-/m0/s1. The molecule has 7 heteroatoms. The number of para-hydroxylation sites is 1. The number of aryl methyl sites for hydroxylation is 1. The maximum Gasteiger partial charge on any atom is 0.327 e. The summed E-state index contributed by atoms with van der Waals surface area (Å²) in [4.78, 5) is 29.0. The average molecular weight is 488 g/mol. The van der Waals surface area contributed by atoms with Gasteiger partial charge in [0.05, 0.1) is 6.04 Å². The summed E-state index contributed by atoms with van der Waals surface area (Å²) >= 11 is 4.35. The Morgan fingerprint density at radius 3 is 2.34 bits per heavy atom. The molecule has 0 radical (unpaired) electrons. The zero-order valence-corrected chi connectivity index (χ0v) is 20.3. The minimum Gasteiger partial charge on any atom is -0.480 e. The van der Waals surface area contributed by atoms with Gasteiger partial charge in [-0.3, -0.25) is 4.79 Å². The van der Waals surface area contributed by atoms with Crippen LogP contribution < -0.4 is 10.6 Å². The number of nitrogens with one attached hydrogen (secondary N) is 3. The highest BCUT2D eigenvalue weighted by atomic mass is 32.1. The second-order valence-electron chi connectivity index (χ2n) is 8.60. The molecule has 6 nitrogen and oxygen atoms in total. The van der Waals surface area contributed by atoms with Crippen LogP contribution in [0.25, 0.3) is 10.9 Å². The Morgan fingerprint density at radius 1 is 0.971 bits per heavy atom. The molecule has 0 aliphatic carbocycles. The number of rotatable bonds is 10. The Balaban J connectivity index is 1.61. The van der Waals surface area contributed by atoms with Gasteiger partial charge in [-0.15, -0.1) is 0 Å². The second-order valence-corrected chi connectivity index (χ2v) is 8.97. The van der Waals surface area contributed by atoms with Gasteiger partial charge >= 0.3 is 5.97 Å². The van der Waals surface area contributed by atoms with E-state index in [1.54, 1.807) is 0 Å². The smallest absolute Gasteiger partial charge is 0.327 e. The lowest BCUT2D eigenvalue weighted by Gasteiger charge is -2.27. The molecule has 0 spiro atoms. The first kappa shape index (κ1) is 24.6. The van der Waals surface area contributed by atoms with Gasteiger partial charge in [0.2, 0.25) is 5.91 Å². The number of fused-ring (bicyclic) bond motifs is 1. The van der Waals surface area contributed by atoms with E-state index >= 15 is 0 Å². The van der Waals surface area contributed by atoms with E-state index in [2.05, 4.69) is 28.2 Å². The summed E-state index contributed by atoms with van der Waals surface area (Å²) in [7, 11) is 0. The SMILES string of the molecule is Cc1ccc(CN[C@@H](CS)C(=O)N[C@H](C(=O)O)C(c2ccccc2)c2c[nH]c3ccccc23)cc1. The fraction of sp³-hybridized carbons (Fsp3) is 0.214. The molecule has 4 aromatic rings.